The van der Waals surface area contributed by atoms with Gasteiger partial charge < -0.3 is 10.3 Å². The van der Waals surface area contributed by atoms with Gasteiger partial charge in [0.25, 0.3) is 0 Å². The molecular formula is C13H16FN3. The van der Waals surface area contributed by atoms with Crippen LogP contribution in [-0.4, -0.2) is 9.55 Å². The van der Waals surface area contributed by atoms with Crippen molar-refractivity contribution in [2.24, 2.45) is 5.92 Å². The van der Waals surface area contributed by atoms with Crippen molar-refractivity contribution in [3.63, 3.8) is 0 Å². The molecule has 0 saturated heterocycles. The Bertz CT molecular complexity index is 561. The zero-order valence-corrected chi connectivity index (χ0v) is 9.86. The van der Waals surface area contributed by atoms with Crippen LogP contribution < -0.4 is 5.73 Å². The normalized spacial score (nSPS) is 24.6. The van der Waals surface area contributed by atoms with Crippen LogP contribution in [0.15, 0.2) is 18.2 Å². The fraction of sp³-hybridized carbons (Fsp3) is 0.462. The molecule has 2 atom stereocenters. The summed E-state index contributed by atoms with van der Waals surface area (Å²) in [5.74, 6) is 0.976. The summed E-state index contributed by atoms with van der Waals surface area (Å²) in [6.07, 6.45) is 3.49. The van der Waals surface area contributed by atoms with Crippen molar-refractivity contribution in [2.45, 2.75) is 32.2 Å². The molecule has 1 aliphatic carbocycles. The minimum atomic E-state index is -0.262. The van der Waals surface area contributed by atoms with Gasteiger partial charge in [0.15, 0.2) is 0 Å². The monoisotopic (exact) mass is 233 g/mol. The molecular weight excluding hydrogens is 217 g/mol. The number of anilines is 1. The number of rotatable bonds is 1. The zero-order chi connectivity index (χ0) is 12.0. The molecule has 1 saturated carbocycles. The Hall–Kier alpha value is -1.58. The molecule has 0 aliphatic heterocycles. The molecule has 3 nitrogen and oxygen atoms in total. The van der Waals surface area contributed by atoms with Crippen molar-refractivity contribution in [3.8, 4) is 0 Å². The van der Waals surface area contributed by atoms with Gasteiger partial charge in [0, 0.05) is 12.1 Å². The fourth-order valence-corrected chi connectivity index (χ4v) is 2.89. The van der Waals surface area contributed by atoms with E-state index in [2.05, 4.69) is 16.5 Å². The predicted octanol–water partition coefficient (Wildman–Crippen LogP) is 3.12. The second kappa shape index (κ2) is 3.72. The van der Waals surface area contributed by atoms with Crippen LogP contribution in [-0.2, 0) is 0 Å². The standard InChI is InChI=1S/C13H16FN3/c1-8-2-4-10(6-8)17-12-5-3-9(14)7-11(12)16-13(17)15/h3,5,7-8,10H,2,4,6H2,1H3,(H2,15,16). The van der Waals surface area contributed by atoms with Crippen LogP contribution in [0, 0.1) is 11.7 Å². The highest BCUT2D eigenvalue weighted by atomic mass is 19.1. The molecule has 1 fully saturated rings. The number of nitrogens with two attached hydrogens (primary N) is 1. The summed E-state index contributed by atoms with van der Waals surface area (Å²) >= 11 is 0. The highest BCUT2D eigenvalue weighted by molar-refractivity contribution is 5.78. The molecule has 0 spiro atoms. The van der Waals surface area contributed by atoms with Crippen LogP contribution in [0.5, 0.6) is 0 Å². The quantitative estimate of drug-likeness (QED) is 0.822. The van der Waals surface area contributed by atoms with Gasteiger partial charge in [-0.1, -0.05) is 6.92 Å². The second-order valence-electron chi connectivity index (χ2n) is 5.05. The third-order valence-electron chi connectivity index (χ3n) is 3.71. The first-order valence-corrected chi connectivity index (χ1v) is 6.08. The third kappa shape index (κ3) is 1.68. The lowest BCUT2D eigenvalue weighted by Gasteiger charge is -2.14. The van der Waals surface area contributed by atoms with Crippen molar-refractivity contribution in [3.05, 3.63) is 24.0 Å². The Balaban J connectivity index is 2.12. The van der Waals surface area contributed by atoms with Crippen molar-refractivity contribution in [1.82, 2.24) is 9.55 Å². The van der Waals surface area contributed by atoms with Gasteiger partial charge in [-0.05, 0) is 37.3 Å². The molecule has 90 valence electrons. The van der Waals surface area contributed by atoms with Gasteiger partial charge >= 0.3 is 0 Å². The van der Waals surface area contributed by atoms with E-state index < -0.39 is 0 Å². The highest BCUT2D eigenvalue weighted by Crippen LogP contribution is 2.37. The van der Waals surface area contributed by atoms with Crippen molar-refractivity contribution >= 4 is 17.0 Å². The average molecular weight is 233 g/mol. The lowest BCUT2D eigenvalue weighted by molar-refractivity contribution is 0.510. The van der Waals surface area contributed by atoms with Gasteiger partial charge in [0.05, 0.1) is 11.0 Å². The predicted molar refractivity (Wildman–Crippen MR) is 66.2 cm³/mol. The van der Waals surface area contributed by atoms with Gasteiger partial charge in [-0.2, -0.15) is 0 Å². The average Bonchev–Trinajstić information content (AvgIpc) is 2.80. The van der Waals surface area contributed by atoms with Gasteiger partial charge in [-0.25, -0.2) is 9.37 Å². The zero-order valence-electron chi connectivity index (χ0n) is 9.86. The summed E-state index contributed by atoms with van der Waals surface area (Å²) in [4.78, 5) is 4.24. The summed E-state index contributed by atoms with van der Waals surface area (Å²) < 4.78 is 15.2. The minimum Gasteiger partial charge on any atom is -0.369 e. The molecule has 1 aromatic carbocycles. The van der Waals surface area contributed by atoms with E-state index in [1.165, 1.54) is 18.6 Å². The third-order valence-corrected chi connectivity index (χ3v) is 3.71. The van der Waals surface area contributed by atoms with Crippen molar-refractivity contribution < 1.29 is 4.39 Å². The minimum absolute atomic E-state index is 0.262. The summed E-state index contributed by atoms with van der Waals surface area (Å²) in [6, 6.07) is 5.11. The summed E-state index contributed by atoms with van der Waals surface area (Å²) in [5, 5.41) is 0. The van der Waals surface area contributed by atoms with E-state index in [1.54, 1.807) is 6.07 Å². The highest BCUT2D eigenvalue weighted by Gasteiger charge is 2.25. The molecule has 2 unspecified atom stereocenters. The first kappa shape index (κ1) is 10.6. The number of nitrogen functional groups attached to an aromatic ring is 1. The van der Waals surface area contributed by atoms with Crippen LogP contribution in [0.4, 0.5) is 10.3 Å². The van der Waals surface area contributed by atoms with E-state index in [1.807, 2.05) is 0 Å². The number of hydrogen-bond donors (Lipinski definition) is 1. The van der Waals surface area contributed by atoms with E-state index in [0.717, 1.165) is 24.3 Å². The smallest absolute Gasteiger partial charge is 0.201 e. The van der Waals surface area contributed by atoms with Crippen LogP contribution in [0.25, 0.3) is 11.0 Å². The first-order valence-electron chi connectivity index (χ1n) is 6.08. The van der Waals surface area contributed by atoms with Gasteiger partial charge in [0.1, 0.15) is 5.82 Å². The molecule has 2 aromatic rings. The lowest BCUT2D eigenvalue weighted by atomic mass is 10.1. The Labute approximate surface area is 99.4 Å². The maximum Gasteiger partial charge on any atom is 0.201 e. The second-order valence-corrected chi connectivity index (χ2v) is 5.05. The largest absolute Gasteiger partial charge is 0.369 e. The number of benzene rings is 1. The van der Waals surface area contributed by atoms with Crippen molar-refractivity contribution in [2.75, 3.05) is 5.73 Å². The molecule has 0 radical (unpaired) electrons. The Morgan fingerprint density at radius 3 is 2.94 bits per heavy atom. The first-order chi connectivity index (χ1) is 8.15. The Kier molecular flexibility index (Phi) is 2.31. The molecule has 0 bridgehead atoms. The van der Waals surface area contributed by atoms with Crippen LogP contribution >= 0.6 is 0 Å². The number of halogens is 1. The van der Waals surface area contributed by atoms with E-state index in [4.69, 9.17) is 5.73 Å². The Morgan fingerprint density at radius 1 is 1.41 bits per heavy atom. The summed E-state index contributed by atoms with van der Waals surface area (Å²) in [7, 11) is 0. The lowest BCUT2D eigenvalue weighted by Crippen LogP contribution is -2.08. The van der Waals surface area contributed by atoms with Crippen molar-refractivity contribution in [1.29, 1.82) is 0 Å². The molecule has 4 heteroatoms. The number of imidazole rings is 1. The molecule has 3 rings (SSSR count). The van der Waals surface area contributed by atoms with Crippen LogP contribution in [0.3, 0.4) is 0 Å². The molecule has 2 N–H and O–H groups in total. The van der Waals surface area contributed by atoms with Gasteiger partial charge in [-0.3, -0.25) is 0 Å². The summed E-state index contributed by atoms with van der Waals surface area (Å²) in [6.45, 7) is 2.26. The number of fused-ring (bicyclic) bond motifs is 1. The van der Waals surface area contributed by atoms with E-state index in [-0.39, 0.29) is 5.82 Å². The van der Waals surface area contributed by atoms with Gasteiger partial charge in [0.2, 0.25) is 5.95 Å². The topological polar surface area (TPSA) is 43.8 Å². The van der Waals surface area contributed by atoms with E-state index >= 15 is 0 Å². The maximum absolute atomic E-state index is 13.1. The molecule has 1 heterocycles. The van der Waals surface area contributed by atoms with Crippen LogP contribution in [0.1, 0.15) is 32.2 Å². The molecule has 0 amide bonds. The summed E-state index contributed by atoms with van der Waals surface area (Å²) in [5.41, 5.74) is 7.56. The fourth-order valence-electron chi connectivity index (χ4n) is 2.89. The number of nitrogens with zero attached hydrogens (tertiary/aromatic N) is 2. The maximum atomic E-state index is 13.1. The van der Waals surface area contributed by atoms with E-state index in [9.17, 15) is 4.39 Å². The molecule has 1 aromatic heterocycles. The number of hydrogen-bond acceptors (Lipinski definition) is 2. The Morgan fingerprint density at radius 2 is 2.24 bits per heavy atom. The molecule has 17 heavy (non-hydrogen) atoms. The SMILES string of the molecule is CC1CCC(n2c(N)nc3cc(F)ccc32)C1. The van der Waals surface area contributed by atoms with E-state index in [0.29, 0.717) is 17.5 Å². The molecule has 1 aliphatic rings. The van der Waals surface area contributed by atoms with Gasteiger partial charge in [-0.15, -0.1) is 0 Å². The van der Waals surface area contributed by atoms with Crippen LogP contribution in [0.2, 0.25) is 0 Å². The number of aromatic nitrogens is 2.